The predicted molar refractivity (Wildman–Crippen MR) is 69.4 cm³/mol. The second kappa shape index (κ2) is 4.45. The first kappa shape index (κ1) is 10.7. The number of rotatable bonds is 1. The molecule has 0 radical (unpaired) electrons. The van der Waals surface area contributed by atoms with E-state index in [1.165, 1.54) is 6.42 Å². The van der Waals surface area contributed by atoms with Crippen LogP contribution in [0.25, 0.3) is 10.1 Å². The molecule has 17 heavy (non-hydrogen) atoms. The van der Waals surface area contributed by atoms with E-state index in [1.54, 1.807) is 17.5 Å². The molecule has 0 N–H and O–H groups in total. The number of fused-ring (bicyclic) bond motifs is 1. The topological polar surface area (TPSA) is 33.2 Å². The summed E-state index contributed by atoms with van der Waals surface area (Å²) in [4.78, 5) is 18.4. The number of thiophene rings is 1. The molecule has 0 unspecified atom stereocenters. The molecule has 3 heterocycles. The molecule has 1 saturated heterocycles. The van der Waals surface area contributed by atoms with E-state index in [0.717, 1.165) is 36.0 Å². The summed E-state index contributed by atoms with van der Waals surface area (Å²) in [5.41, 5.74) is 0.585. The Hall–Kier alpha value is -1.42. The first-order chi connectivity index (χ1) is 8.34. The van der Waals surface area contributed by atoms with Crippen LogP contribution >= 0.6 is 11.3 Å². The summed E-state index contributed by atoms with van der Waals surface area (Å²) in [6.07, 6.45) is 5.27. The molecule has 2 aromatic heterocycles. The summed E-state index contributed by atoms with van der Waals surface area (Å²) in [6, 6.07) is 3.94. The van der Waals surface area contributed by atoms with Gasteiger partial charge in [0, 0.05) is 29.4 Å². The Bertz CT molecular complexity index is 543. The lowest BCUT2D eigenvalue weighted by Crippen LogP contribution is -2.36. The Morgan fingerprint density at radius 2 is 2.12 bits per heavy atom. The van der Waals surface area contributed by atoms with Crippen molar-refractivity contribution in [2.24, 2.45) is 0 Å². The van der Waals surface area contributed by atoms with Crippen LogP contribution in [0.1, 0.15) is 29.8 Å². The van der Waals surface area contributed by atoms with Gasteiger partial charge in [-0.25, -0.2) is 0 Å². The molecule has 0 bridgehead atoms. The molecule has 3 rings (SSSR count). The Kier molecular flexibility index (Phi) is 2.81. The van der Waals surface area contributed by atoms with E-state index in [9.17, 15) is 4.79 Å². The molecule has 1 amide bonds. The number of hydrogen-bond acceptors (Lipinski definition) is 3. The molecular weight excluding hydrogens is 232 g/mol. The Labute approximate surface area is 104 Å². The number of pyridine rings is 1. The van der Waals surface area contributed by atoms with E-state index < -0.39 is 0 Å². The van der Waals surface area contributed by atoms with Crippen molar-refractivity contribution in [2.45, 2.75) is 19.3 Å². The summed E-state index contributed by atoms with van der Waals surface area (Å²) < 4.78 is 1.14. The smallest absolute Gasteiger partial charge is 0.272 e. The van der Waals surface area contributed by atoms with E-state index in [0.29, 0.717) is 5.69 Å². The van der Waals surface area contributed by atoms with Crippen LogP contribution in [-0.2, 0) is 0 Å². The van der Waals surface area contributed by atoms with Crippen molar-refractivity contribution in [3.05, 3.63) is 29.4 Å². The number of hydrogen-bond donors (Lipinski definition) is 0. The molecule has 0 saturated carbocycles. The molecule has 2 aromatic rings. The summed E-state index contributed by atoms with van der Waals surface area (Å²) in [7, 11) is 0. The van der Waals surface area contributed by atoms with Crippen LogP contribution in [0.2, 0.25) is 0 Å². The fraction of sp³-hybridized carbons (Fsp3) is 0.385. The van der Waals surface area contributed by atoms with Gasteiger partial charge in [-0.15, -0.1) is 11.3 Å². The van der Waals surface area contributed by atoms with Crippen molar-refractivity contribution in [2.75, 3.05) is 13.1 Å². The van der Waals surface area contributed by atoms with E-state index >= 15 is 0 Å². The largest absolute Gasteiger partial charge is 0.337 e. The van der Waals surface area contributed by atoms with E-state index in [4.69, 9.17) is 0 Å². The lowest BCUT2D eigenvalue weighted by Gasteiger charge is -2.26. The van der Waals surface area contributed by atoms with Gasteiger partial charge in [-0.1, -0.05) is 0 Å². The number of carbonyl (C=O) groups is 1. The van der Waals surface area contributed by atoms with Crippen molar-refractivity contribution < 1.29 is 4.79 Å². The van der Waals surface area contributed by atoms with Gasteiger partial charge < -0.3 is 4.90 Å². The number of piperidine rings is 1. The van der Waals surface area contributed by atoms with Crippen LogP contribution in [0.5, 0.6) is 0 Å². The number of carbonyl (C=O) groups excluding carboxylic acids is 1. The Morgan fingerprint density at radius 3 is 2.94 bits per heavy atom. The molecule has 0 aliphatic carbocycles. The third kappa shape index (κ3) is 2.05. The number of nitrogens with zero attached hydrogens (tertiary/aromatic N) is 2. The van der Waals surface area contributed by atoms with Gasteiger partial charge in [0.15, 0.2) is 0 Å². The SMILES string of the molecule is O=C(c1cc2sccc2cn1)N1CCCCC1. The van der Waals surface area contributed by atoms with Gasteiger partial charge >= 0.3 is 0 Å². The minimum atomic E-state index is 0.0833. The van der Waals surface area contributed by atoms with Crippen molar-refractivity contribution in [3.63, 3.8) is 0 Å². The average molecular weight is 246 g/mol. The normalized spacial score (nSPS) is 16.4. The van der Waals surface area contributed by atoms with Crippen LogP contribution in [0.15, 0.2) is 23.7 Å². The van der Waals surface area contributed by atoms with Crippen molar-refractivity contribution in [1.29, 1.82) is 0 Å². The van der Waals surface area contributed by atoms with Crippen LogP contribution in [0.4, 0.5) is 0 Å². The lowest BCUT2D eigenvalue weighted by atomic mass is 10.1. The fourth-order valence-electron chi connectivity index (χ4n) is 2.23. The minimum absolute atomic E-state index is 0.0833. The zero-order valence-electron chi connectivity index (χ0n) is 9.56. The van der Waals surface area contributed by atoms with Gasteiger partial charge in [0.25, 0.3) is 5.91 Å². The van der Waals surface area contributed by atoms with E-state index in [2.05, 4.69) is 4.98 Å². The number of amides is 1. The number of aromatic nitrogens is 1. The summed E-state index contributed by atoms with van der Waals surface area (Å²) >= 11 is 1.65. The first-order valence-corrected chi connectivity index (χ1v) is 6.85. The maximum absolute atomic E-state index is 12.2. The van der Waals surface area contributed by atoms with Gasteiger partial charge in [-0.3, -0.25) is 9.78 Å². The molecule has 0 spiro atoms. The fourth-order valence-corrected chi connectivity index (χ4v) is 3.03. The minimum Gasteiger partial charge on any atom is -0.337 e. The van der Waals surface area contributed by atoms with Crippen LogP contribution < -0.4 is 0 Å². The van der Waals surface area contributed by atoms with E-state index in [-0.39, 0.29) is 5.91 Å². The predicted octanol–water partition coefficient (Wildman–Crippen LogP) is 2.92. The molecule has 88 valence electrons. The molecular formula is C13H14N2OS. The van der Waals surface area contributed by atoms with Gasteiger partial charge in [-0.05, 0) is 36.8 Å². The lowest BCUT2D eigenvalue weighted by molar-refractivity contribution is 0.0718. The maximum Gasteiger partial charge on any atom is 0.272 e. The van der Waals surface area contributed by atoms with Crippen LogP contribution in [-0.4, -0.2) is 28.9 Å². The van der Waals surface area contributed by atoms with Gasteiger partial charge in [0.05, 0.1) is 0 Å². The van der Waals surface area contributed by atoms with Gasteiger partial charge in [0.1, 0.15) is 5.69 Å². The summed E-state index contributed by atoms with van der Waals surface area (Å²) in [5, 5.41) is 3.15. The quantitative estimate of drug-likeness (QED) is 0.775. The molecule has 4 heteroatoms. The maximum atomic E-state index is 12.2. The molecule has 1 aliphatic heterocycles. The molecule has 0 atom stereocenters. The first-order valence-electron chi connectivity index (χ1n) is 5.97. The van der Waals surface area contributed by atoms with Crippen molar-refractivity contribution in [3.8, 4) is 0 Å². The second-order valence-corrected chi connectivity index (χ2v) is 5.33. The molecule has 0 aromatic carbocycles. The summed E-state index contributed by atoms with van der Waals surface area (Å²) in [5.74, 6) is 0.0833. The summed E-state index contributed by atoms with van der Waals surface area (Å²) in [6.45, 7) is 1.76. The average Bonchev–Trinajstić information content (AvgIpc) is 2.86. The highest BCUT2D eigenvalue weighted by molar-refractivity contribution is 7.17. The highest BCUT2D eigenvalue weighted by atomic mass is 32.1. The highest BCUT2D eigenvalue weighted by Crippen LogP contribution is 2.21. The standard InChI is InChI=1S/C13H14N2OS/c16-13(15-5-2-1-3-6-15)11-8-12-10(9-14-11)4-7-17-12/h4,7-9H,1-3,5-6H2. The zero-order chi connectivity index (χ0) is 11.7. The Balaban J connectivity index is 1.88. The van der Waals surface area contributed by atoms with Gasteiger partial charge in [0.2, 0.25) is 0 Å². The second-order valence-electron chi connectivity index (χ2n) is 4.38. The molecule has 1 aliphatic rings. The van der Waals surface area contributed by atoms with Crippen LogP contribution in [0, 0.1) is 0 Å². The highest BCUT2D eigenvalue weighted by Gasteiger charge is 2.19. The van der Waals surface area contributed by atoms with Crippen molar-refractivity contribution in [1.82, 2.24) is 9.88 Å². The third-order valence-corrected chi connectivity index (χ3v) is 4.08. The van der Waals surface area contributed by atoms with Gasteiger partial charge in [-0.2, -0.15) is 0 Å². The monoisotopic (exact) mass is 246 g/mol. The van der Waals surface area contributed by atoms with Crippen molar-refractivity contribution >= 4 is 27.3 Å². The zero-order valence-corrected chi connectivity index (χ0v) is 10.4. The van der Waals surface area contributed by atoms with E-state index in [1.807, 2.05) is 22.4 Å². The Morgan fingerprint density at radius 1 is 1.29 bits per heavy atom. The van der Waals surface area contributed by atoms with Crippen LogP contribution in [0.3, 0.4) is 0 Å². The number of likely N-dealkylation sites (tertiary alicyclic amines) is 1. The molecule has 3 nitrogen and oxygen atoms in total. The third-order valence-electron chi connectivity index (χ3n) is 3.20. The molecule has 1 fully saturated rings.